The molecule has 4 heterocycles. The number of nitrogens with one attached hydrogen (secondary N) is 3. The Morgan fingerprint density at radius 2 is 1.69 bits per heavy atom. The van der Waals surface area contributed by atoms with Crippen LogP contribution in [0, 0.1) is 11.3 Å². The first-order valence-electron chi connectivity index (χ1n) is 22.2. The third-order valence-corrected chi connectivity index (χ3v) is 14.5. The van der Waals surface area contributed by atoms with E-state index in [1.807, 2.05) is 24.3 Å². The van der Waals surface area contributed by atoms with E-state index in [4.69, 9.17) is 0 Å². The number of thioether (sulfide) groups is 1. The van der Waals surface area contributed by atoms with E-state index in [-0.39, 0.29) is 41.9 Å². The summed E-state index contributed by atoms with van der Waals surface area (Å²) in [6.45, 7) is 8.57. The summed E-state index contributed by atoms with van der Waals surface area (Å²) in [6.07, 6.45) is 11.4. The van der Waals surface area contributed by atoms with Crippen LogP contribution in [-0.4, -0.2) is 70.2 Å². The maximum atomic E-state index is 14.1. The van der Waals surface area contributed by atoms with Crippen molar-refractivity contribution < 1.29 is 24.0 Å². The molecular formula is C49H56N6O5S. The number of aryl methyl sites for hydroxylation is 1. The number of rotatable bonds is 15. The Labute approximate surface area is 362 Å². The second kappa shape index (κ2) is 17.9. The number of carbonyl (C=O) groups excluding carboxylic acids is 5. The van der Waals surface area contributed by atoms with Gasteiger partial charge < -0.3 is 20.1 Å². The van der Waals surface area contributed by atoms with E-state index in [9.17, 15) is 29.2 Å². The summed E-state index contributed by atoms with van der Waals surface area (Å²) in [5.74, 6) is 0.347. The minimum absolute atomic E-state index is 0.0327. The van der Waals surface area contributed by atoms with Gasteiger partial charge in [-0.1, -0.05) is 65.0 Å². The number of aromatic nitrogens is 1. The van der Waals surface area contributed by atoms with Gasteiger partial charge >= 0.3 is 0 Å². The Balaban J connectivity index is 0.735. The third kappa shape index (κ3) is 8.46. The Hall–Kier alpha value is -5.41. The van der Waals surface area contributed by atoms with Crippen molar-refractivity contribution in [3.05, 3.63) is 93.2 Å². The first-order chi connectivity index (χ1) is 29.5. The number of nitrogens with zero attached hydrogens (tertiary/aromatic N) is 3. The number of nitriles is 1. The molecule has 1 unspecified atom stereocenters. The molecule has 11 nitrogen and oxygen atoms in total. The molecule has 61 heavy (non-hydrogen) atoms. The zero-order valence-electron chi connectivity index (χ0n) is 35.6. The van der Waals surface area contributed by atoms with Gasteiger partial charge in [-0.3, -0.25) is 29.3 Å². The molecule has 318 valence electrons. The van der Waals surface area contributed by atoms with E-state index in [1.165, 1.54) is 5.69 Å². The quantitative estimate of drug-likeness (QED) is 0.0615. The van der Waals surface area contributed by atoms with E-state index in [1.54, 1.807) is 22.7 Å². The molecule has 1 aromatic heterocycles. The number of imide groups is 1. The van der Waals surface area contributed by atoms with E-state index in [2.05, 4.69) is 65.6 Å². The number of aromatic amines is 1. The van der Waals surface area contributed by atoms with Crippen LogP contribution in [0.25, 0.3) is 10.9 Å². The van der Waals surface area contributed by atoms with Gasteiger partial charge in [-0.25, -0.2) is 0 Å². The van der Waals surface area contributed by atoms with Crippen molar-refractivity contribution in [3.8, 4) is 6.07 Å². The minimum Gasteiger partial charge on any atom is -0.371 e. The molecule has 1 aliphatic carbocycles. The molecule has 0 bridgehead atoms. The van der Waals surface area contributed by atoms with Crippen molar-refractivity contribution in [1.29, 1.82) is 5.26 Å². The third-order valence-electron chi connectivity index (χ3n) is 13.3. The van der Waals surface area contributed by atoms with Gasteiger partial charge in [0.05, 0.1) is 17.2 Å². The van der Waals surface area contributed by atoms with Crippen LogP contribution in [0.1, 0.15) is 152 Å². The van der Waals surface area contributed by atoms with Gasteiger partial charge in [0.2, 0.25) is 17.7 Å². The lowest BCUT2D eigenvalue weighted by atomic mass is 9.70. The molecule has 12 heteroatoms. The maximum absolute atomic E-state index is 14.1. The topological polar surface area (TPSA) is 155 Å². The van der Waals surface area contributed by atoms with Crippen molar-refractivity contribution in [2.45, 2.75) is 133 Å². The van der Waals surface area contributed by atoms with Crippen LogP contribution in [0.5, 0.6) is 0 Å². The minimum atomic E-state index is -0.597. The monoisotopic (exact) mass is 840 g/mol. The summed E-state index contributed by atoms with van der Waals surface area (Å²) in [5.41, 5.74) is 8.32. The molecule has 8 rings (SSSR count). The smallest absolute Gasteiger partial charge is 0.255 e. The summed E-state index contributed by atoms with van der Waals surface area (Å²) in [5, 5.41) is 16.0. The predicted octanol–water partition coefficient (Wildman–Crippen LogP) is 8.23. The Kier molecular flexibility index (Phi) is 12.4. The molecular weight excluding hydrogens is 785 g/mol. The van der Waals surface area contributed by atoms with Gasteiger partial charge in [0.25, 0.3) is 5.91 Å². The summed E-state index contributed by atoms with van der Waals surface area (Å²) in [7, 11) is 0. The number of benzene rings is 3. The first kappa shape index (κ1) is 42.3. The number of hydrogen-bond acceptors (Lipinski definition) is 8. The molecule has 2 fully saturated rings. The number of unbranched alkanes of at least 4 members (excludes halogenated alkanes) is 6. The number of hydrogen-bond donors (Lipinski definition) is 3. The number of H-pyrrole nitrogens is 1. The van der Waals surface area contributed by atoms with Crippen molar-refractivity contribution in [2.24, 2.45) is 0 Å². The van der Waals surface area contributed by atoms with Gasteiger partial charge in [0.1, 0.15) is 6.04 Å². The highest BCUT2D eigenvalue weighted by Gasteiger charge is 2.42. The summed E-state index contributed by atoms with van der Waals surface area (Å²) < 4.78 is 0. The highest BCUT2D eigenvalue weighted by atomic mass is 32.2. The lowest BCUT2D eigenvalue weighted by Gasteiger charge is -2.38. The molecule has 4 aromatic rings. The number of carbonyl (C=O) groups is 5. The largest absolute Gasteiger partial charge is 0.371 e. The van der Waals surface area contributed by atoms with E-state index < -0.39 is 11.5 Å². The Bertz CT molecular complexity index is 2440. The predicted molar refractivity (Wildman–Crippen MR) is 238 cm³/mol. The summed E-state index contributed by atoms with van der Waals surface area (Å²) in [4.78, 5) is 72.8. The fourth-order valence-corrected chi connectivity index (χ4v) is 11.0. The van der Waals surface area contributed by atoms with Crippen molar-refractivity contribution in [2.75, 3.05) is 23.7 Å². The van der Waals surface area contributed by atoms with E-state index >= 15 is 0 Å². The van der Waals surface area contributed by atoms with Crippen LogP contribution < -0.4 is 15.5 Å². The Morgan fingerprint density at radius 1 is 0.934 bits per heavy atom. The Morgan fingerprint density at radius 3 is 2.43 bits per heavy atom. The van der Waals surface area contributed by atoms with Crippen LogP contribution in [0.3, 0.4) is 0 Å². The van der Waals surface area contributed by atoms with Crippen molar-refractivity contribution in [1.82, 2.24) is 20.5 Å². The molecule has 3 N–H and O–H groups in total. The molecule has 0 saturated carbocycles. The highest BCUT2D eigenvalue weighted by Crippen LogP contribution is 2.46. The van der Waals surface area contributed by atoms with Crippen molar-refractivity contribution >= 4 is 57.8 Å². The van der Waals surface area contributed by atoms with Gasteiger partial charge in [-0.05, 0) is 97.4 Å². The van der Waals surface area contributed by atoms with E-state index in [0.717, 1.165) is 127 Å². The molecule has 4 amide bonds. The zero-order chi connectivity index (χ0) is 42.8. The van der Waals surface area contributed by atoms with Crippen LogP contribution >= 0.6 is 11.8 Å². The second-order valence-corrected chi connectivity index (χ2v) is 18.8. The van der Waals surface area contributed by atoms with Crippen LogP contribution in [0.15, 0.2) is 53.4 Å². The standard InChI is InChI=1S/C49H56N6O5S/c1-4-31-26-35-37(49(2,3)46-44(45(35)58)34-17-16-30(28-50)25-38(34)52-46)27-40(31)54-22-20-32(21-23-54)51-42(56)15-10-8-6-5-7-9-11-24-61-41-14-12-13-33-36(41)29-55(48(33)60)39-18-19-43(57)53-47(39)59/h12-14,16-17,25-27,32,39,52H,4-11,15,18-24,29H2,1-3H3,(H,51,56)(H,53,57,59). The van der Waals surface area contributed by atoms with Crippen LogP contribution in [0.2, 0.25) is 0 Å². The number of piperidine rings is 2. The average molecular weight is 841 g/mol. The fourth-order valence-electron chi connectivity index (χ4n) is 9.87. The summed E-state index contributed by atoms with van der Waals surface area (Å²) >= 11 is 1.77. The highest BCUT2D eigenvalue weighted by molar-refractivity contribution is 7.99. The van der Waals surface area contributed by atoms with E-state index in [0.29, 0.717) is 36.1 Å². The zero-order valence-corrected chi connectivity index (χ0v) is 36.4. The molecule has 4 aliphatic rings. The normalized spacial score (nSPS) is 18.5. The number of ketones is 1. The lowest BCUT2D eigenvalue weighted by Crippen LogP contribution is -2.52. The molecule has 3 aliphatic heterocycles. The number of fused-ring (bicyclic) bond motifs is 5. The molecule has 2 saturated heterocycles. The van der Waals surface area contributed by atoms with Crippen LogP contribution in [-0.2, 0) is 32.8 Å². The van der Waals surface area contributed by atoms with Gasteiger partial charge in [0, 0.05) is 82.2 Å². The molecule has 0 radical (unpaired) electrons. The lowest BCUT2D eigenvalue weighted by molar-refractivity contribution is -0.137. The SMILES string of the molecule is CCc1cc2c(cc1N1CCC(NC(=O)CCCCCCCCCSc3cccc4c3CN(C3CCC(=O)NC3=O)C4=O)CC1)C(C)(C)c1[nH]c3cc(C#N)ccc3c1C2=O. The number of amides is 4. The van der Waals surface area contributed by atoms with Gasteiger partial charge in [0.15, 0.2) is 5.78 Å². The molecule has 3 aromatic carbocycles. The number of anilines is 1. The second-order valence-electron chi connectivity index (χ2n) is 17.7. The van der Waals surface area contributed by atoms with Gasteiger partial charge in [-0.2, -0.15) is 5.26 Å². The first-order valence-corrected chi connectivity index (χ1v) is 23.2. The maximum Gasteiger partial charge on any atom is 0.255 e. The fraction of sp³-hybridized carbons (Fsp3) is 0.469. The average Bonchev–Trinajstić information content (AvgIpc) is 3.82. The molecule has 0 spiro atoms. The van der Waals surface area contributed by atoms with Gasteiger partial charge in [-0.15, -0.1) is 11.8 Å². The molecule has 1 atom stereocenters. The summed E-state index contributed by atoms with van der Waals surface area (Å²) in [6, 6.07) is 17.4. The van der Waals surface area contributed by atoms with Crippen molar-refractivity contribution in [3.63, 3.8) is 0 Å². The van der Waals surface area contributed by atoms with Crippen LogP contribution in [0.4, 0.5) is 5.69 Å².